The van der Waals surface area contributed by atoms with Gasteiger partial charge in [-0.15, -0.1) is 11.3 Å². The Bertz CT molecular complexity index is 266. The molecule has 0 atom stereocenters. The fourth-order valence-electron chi connectivity index (χ4n) is 1.38. The fourth-order valence-corrected chi connectivity index (χ4v) is 3.79. The third-order valence-electron chi connectivity index (χ3n) is 2.80. The molecule has 78 valence electrons. The van der Waals surface area contributed by atoms with Crippen molar-refractivity contribution in [2.24, 2.45) is 0 Å². The van der Waals surface area contributed by atoms with Crippen molar-refractivity contribution in [3.05, 3.63) is 17.4 Å². The standard InChI is InChI=1S/C13H22Si/c1-6-14(7-2,8-3)12-10-9-11-13(4)5/h9H,6-8H2,1-5H3. The van der Waals surface area contributed by atoms with Crippen LogP contribution in [0.3, 0.4) is 0 Å². The lowest BCUT2D eigenvalue weighted by Gasteiger charge is -2.19. The van der Waals surface area contributed by atoms with Gasteiger partial charge in [0.05, 0.1) is 0 Å². The van der Waals surface area contributed by atoms with Gasteiger partial charge in [0.2, 0.25) is 0 Å². The van der Waals surface area contributed by atoms with Crippen LogP contribution in [0.25, 0.3) is 0 Å². The van der Waals surface area contributed by atoms with Crippen LogP contribution in [0.15, 0.2) is 17.4 Å². The Morgan fingerprint density at radius 3 is 1.93 bits per heavy atom. The molecule has 0 heterocycles. The molecule has 0 unspecified atom stereocenters. The maximum Gasteiger partial charge on any atom is 0.138 e. The summed E-state index contributed by atoms with van der Waals surface area (Å²) in [5, 5.41) is 0. The Hall–Kier alpha value is -0.703. The van der Waals surface area contributed by atoms with Crippen molar-refractivity contribution in [2.45, 2.75) is 52.8 Å². The Morgan fingerprint density at radius 2 is 1.57 bits per heavy atom. The van der Waals surface area contributed by atoms with E-state index in [4.69, 9.17) is 0 Å². The smallest absolute Gasteiger partial charge is 0.126 e. The van der Waals surface area contributed by atoms with Gasteiger partial charge in [0.25, 0.3) is 0 Å². The first kappa shape index (κ1) is 13.3. The quantitative estimate of drug-likeness (QED) is 0.369. The van der Waals surface area contributed by atoms with Crippen LogP contribution in [0, 0.1) is 11.5 Å². The summed E-state index contributed by atoms with van der Waals surface area (Å²) in [5.41, 5.74) is 7.82. The Labute approximate surface area is 90.1 Å². The van der Waals surface area contributed by atoms with Crippen LogP contribution in [0.1, 0.15) is 34.6 Å². The lowest BCUT2D eigenvalue weighted by atomic mass is 10.4. The summed E-state index contributed by atoms with van der Waals surface area (Å²) >= 11 is 0. The molecule has 0 aromatic heterocycles. The van der Waals surface area contributed by atoms with E-state index >= 15 is 0 Å². The summed E-state index contributed by atoms with van der Waals surface area (Å²) in [4.78, 5) is 0. The highest BCUT2D eigenvalue weighted by molar-refractivity contribution is 6.87. The van der Waals surface area contributed by atoms with Crippen LogP contribution in [-0.2, 0) is 0 Å². The number of hydrogen-bond acceptors (Lipinski definition) is 0. The van der Waals surface area contributed by atoms with Gasteiger partial charge in [-0.3, -0.25) is 0 Å². The molecule has 0 fully saturated rings. The van der Waals surface area contributed by atoms with E-state index in [9.17, 15) is 0 Å². The van der Waals surface area contributed by atoms with Gasteiger partial charge >= 0.3 is 0 Å². The van der Waals surface area contributed by atoms with E-state index in [0.29, 0.717) is 0 Å². The molecule has 0 amide bonds. The van der Waals surface area contributed by atoms with Gasteiger partial charge in [0.1, 0.15) is 8.07 Å². The minimum absolute atomic E-state index is 1.19. The molecule has 0 aromatic carbocycles. The molecule has 0 aliphatic rings. The van der Waals surface area contributed by atoms with Crippen molar-refractivity contribution in [3.8, 4) is 11.5 Å². The van der Waals surface area contributed by atoms with E-state index in [0.717, 1.165) is 0 Å². The minimum atomic E-state index is -1.23. The fraction of sp³-hybridized carbons (Fsp3) is 0.615. The largest absolute Gasteiger partial charge is 0.138 e. The first-order chi connectivity index (χ1) is 6.60. The zero-order chi connectivity index (χ0) is 11.0. The zero-order valence-corrected chi connectivity index (χ0v) is 11.2. The van der Waals surface area contributed by atoms with Crippen molar-refractivity contribution in [1.82, 2.24) is 0 Å². The summed E-state index contributed by atoms with van der Waals surface area (Å²) in [7, 11) is -1.23. The van der Waals surface area contributed by atoms with Crippen LogP contribution < -0.4 is 0 Å². The molecule has 1 heteroatoms. The molecule has 0 rings (SSSR count). The normalized spacial score (nSPS) is 9.79. The maximum absolute atomic E-state index is 3.50. The molecule has 0 aromatic rings. The van der Waals surface area contributed by atoms with Crippen LogP contribution in [0.4, 0.5) is 0 Å². The lowest BCUT2D eigenvalue weighted by Crippen LogP contribution is -2.29. The molecular weight excluding hydrogens is 184 g/mol. The Morgan fingerprint density at radius 1 is 1.07 bits per heavy atom. The summed E-state index contributed by atoms with van der Waals surface area (Å²) in [5.74, 6) is 3.17. The number of rotatable bonds is 3. The molecular formula is C13H22Si. The van der Waals surface area contributed by atoms with E-state index in [1.807, 2.05) is 19.9 Å². The second-order valence-corrected chi connectivity index (χ2v) is 8.83. The average molecular weight is 206 g/mol. The Kier molecular flexibility index (Phi) is 6.37. The highest BCUT2D eigenvalue weighted by atomic mass is 28.3. The van der Waals surface area contributed by atoms with Crippen molar-refractivity contribution in [3.63, 3.8) is 0 Å². The van der Waals surface area contributed by atoms with Gasteiger partial charge in [0.15, 0.2) is 0 Å². The zero-order valence-electron chi connectivity index (χ0n) is 10.2. The van der Waals surface area contributed by atoms with E-state index in [-0.39, 0.29) is 0 Å². The second kappa shape index (κ2) is 6.71. The SMILES string of the molecule is CC[Si](C#CC=C=C(C)C)(CC)CC. The van der Waals surface area contributed by atoms with Crippen LogP contribution in [0.5, 0.6) is 0 Å². The summed E-state index contributed by atoms with van der Waals surface area (Å²) in [6.07, 6.45) is 1.87. The Balaban J connectivity index is 4.67. The van der Waals surface area contributed by atoms with Crippen LogP contribution >= 0.6 is 0 Å². The summed E-state index contributed by atoms with van der Waals surface area (Å²) in [6, 6.07) is 3.82. The van der Waals surface area contributed by atoms with E-state index in [2.05, 4.69) is 38.0 Å². The molecule has 0 saturated carbocycles. The first-order valence-corrected chi connectivity index (χ1v) is 8.13. The third-order valence-corrected chi connectivity index (χ3v) is 7.54. The van der Waals surface area contributed by atoms with Gasteiger partial charge in [-0.05, 0) is 37.6 Å². The topological polar surface area (TPSA) is 0 Å². The van der Waals surface area contributed by atoms with E-state index < -0.39 is 8.07 Å². The van der Waals surface area contributed by atoms with Crippen molar-refractivity contribution >= 4 is 8.07 Å². The van der Waals surface area contributed by atoms with E-state index in [1.165, 1.54) is 23.7 Å². The number of hydrogen-bond donors (Lipinski definition) is 0. The minimum Gasteiger partial charge on any atom is -0.126 e. The number of allylic oxidation sites excluding steroid dienone is 1. The third kappa shape index (κ3) is 4.51. The van der Waals surface area contributed by atoms with Crippen molar-refractivity contribution < 1.29 is 0 Å². The molecule has 0 saturated heterocycles. The molecule has 0 spiro atoms. The van der Waals surface area contributed by atoms with Gasteiger partial charge in [-0.1, -0.05) is 26.7 Å². The molecule has 0 N–H and O–H groups in total. The lowest BCUT2D eigenvalue weighted by molar-refractivity contribution is 1.20. The van der Waals surface area contributed by atoms with Crippen LogP contribution in [0.2, 0.25) is 18.1 Å². The molecule has 14 heavy (non-hydrogen) atoms. The maximum atomic E-state index is 3.50. The van der Waals surface area contributed by atoms with Gasteiger partial charge in [-0.25, -0.2) is 0 Å². The second-order valence-electron chi connectivity index (χ2n) is 3.90. The summed E-state index contributed by atoms with van der Waals surface area (Å²) in [6.45, 7) is 10.9. The highest BCUT2D eigenvalue weighted by Crippen LogP contribution is 2.18. The average Bonchev–Trinajstić information content (AvgIpc) is 2.19. The van der Waals surface area contributed by atoms with Gasteiger partial charge < -0.3 is 0 Å². The molecule has 0 radical (unpaired) electrons. The monoisotopic (exact) mass is 206 g/mol. The molecule has 0 bridgehead atoms. The predicted octanol–water partition coefficient (Wildman–Crippen LogP) is 4.16. The highest BCUT2D eigenvalue weighted by Gasteiger charge is 2.23. The molecule has 0 nitrogen and oxygen atoms in total. The summed E-state index contributed by atoms with van der Waals surface area (Å²) < 4.78 is 0. The predicted molar refractivity (Wildman–Crippen MR) is 67.9 cm³/mol. The van der Waals surface area contributed by atoms with Crippen LogP contribution in [-0.4, -0.2) is 8.07 Å². The molecule has 0 aliphatic carbocycles. The van der Waals surface area contributed by atoms with Gasteiger partial charge in [-0.2, -0.15) is 0 Å². The van der Waals surface area contributed by atoms with Crippen molar-refractivity contribution in [1.29, 1.82) is 0 Å². The molecule has 0 aliphatic heterocycles. The van der Waals surface area contributed by atoms with Crippen molar-refractivity contribution in [2.75, 3.05) is 0 Å². The first-order valence-electron chi connectivity index (χ1n) is 5.51. The van der Waals surface area contributed by atoms with E-state index in [1.54, 1.807) is 0 Å². The van der Waals surface area contributed by atoms with Gasteiger partial charge in [0, 0.05) is 6.08 Å².